The SMILES string of the molecule is CCCCCCCC/C=C/C/C=C/C=C/C(O)CCCC(=O)OC[C@H](COP(=O)(O)OC[C@H](N)C(=O)O)OC(=O)CCCCCCCCCCCCCCC. The summed E-state index contributed by atoms with van der Waals surface area (Å²) in [5, 5.41) is 19.1. The minimum Gasteiger partial charge on any atom is -0.480 e. The van der Waals surface area contributed by atoms with E-state index in [1.807, 2.05) is 12.2 Å². The van der Waals surface area contributed by atoms with Crippen LogP contribution in [-0.4, -0.2) is 71.1 Å². The van der Waals surface area contributed by atoms with E-state index < -0.39 is 63.8 Å². The van der Waals surface area contributed by atoms with Gasteiger partial charge < -0.3 is 30.3 Å². The van der Waals surface area contributed by atoms with E-state index in [1.165, 1.54) is 96.3 Å². The standard InChI is InChI=1S/C42H76NO11P/c1-3-5-7-9-11-13-15-17-19-21-23-25-27-30-37(44)31-29-33-40(45)51-34-38(35-52-55(49,50)53-36-39(43)42(47)48)54-41(46)32-28-26-24-22-20-18-16-14-12-10-8-6-4-2/h17,19,23,25,27,30,37-39,44H,3-16,18,20-22,24,26,28-29,31-36,43H2,1-2H3,(H,47,48)(H,49,50)/b19-17+,25-23+,30-27+/t37?,38-,39+/m1/s1. The van der Waals surface area contributed by atoms with Gasteiger partial charge in [0.1, 0.15) is 12.6 Å². The van der Waals surface area contributed by atoms with E-state index in [2.05, 4.69) is 30.5 Å². The number of carboxylic acid groups (broad SMARTS) is 1. The molecule has 0 rings (SSSR count). The second-order valence-electron chi connectivity index (χ2n) is 14.3. The second-order valence-corrected chi connectivity index (χ2v) is 15.8. The summed E-state index contributed by atoms with van der Waals surface area (Å²) >= 11 is 0. The number of hydrogen-bond donors (Lipinski definition) is 4. The third-order valence-electron chi connectivity index (χ3n) is 9.00. The fraction of sp³-hybridized carbons (Fsp3) is 0.786. The molecule has 320 valence electrons. The highest BCUT2D eigenvalue weighted by atomic mass is 31.2. The van der Waals surface area contributed by atoms with E-state index in [4.69, 9.17) is 24.8 Å². The van der Waals surface area contributed by atoms with Crippen LogP contribution in [0.1, 0.15) is 174 Å². The lowest BCUT2D eigenvalue weighted by Gasteiger charge is -2.20. The molecule has 0 radical (unpaired) electrons. The molecule has 0 aliphatic rings. The van der Waals surface area contributed by atoms with Gasteiger partial charge in [-0.1, -0.05) is 159 Å². The number of carboxylic acids is 1. The minimum absolute atomic E-state index is 0.000693. The minimum atomic E-state index is -4.75. The number of allylic oxidation sites excluding steroid dienone is 5. The summed E-state index contributed by atoms with van der Waals surface area (Å²) in [5.74, 6) is -2.59. The van der Waals surface area contributed by atoms with Crippen LogP contribution in [0.15, 0.2) is 36.5 Å². The van der Waals surface area contributed by atoms with E-state index >= 15 is 0 Å². The van der Waals surface area contributed by atoms with Crippen LogP contribution in [0.5, 0.6) is 0 Å². The van der Waals surface area contributed by atoms with Crippen LogP contribution in [-0.2, 0) is 37.5 Å². The van der Waals surface area contributed by atoms with Gasteiger partial charge in [0, 0.05) is 12.8 Å². The van der Waals surface area contributed by atoms with Gasteiger partial charge in [0.15, 0.2) is 6.10 Å². The number of esters is 2. The molecule has 0 aromatic rings. The van der Waals surface area contributed by atoms with Gasteiger partial charge in [0.05, 0.1) is 19.3 Å². The van der Waals surface area contributed by atoms with E-state index in [-0.39, 0.29) is 12.8 Å². The number of rotatable bonds is 39. The lowest BCUT2D eigenvalue weighted by atomic mass is 10.0. The summed E-state index contributed by atoms with van der Waals surface area (Å²) in [7, 11) is -4.75. The highest BCUT2D eigenvalue weighted by Gasteiger charge is 2.28. The number of unbranched alkanes of at least 4 members (excludes halogenated alkanes) is 18. The molecule has 0 aromatic carbocycles. The molecular weight excluding hydrogens is 725 g/mol. The average Bonchev–Trinajstić information content (AvgIpc) is 3.15. The molecule has 2 unspecified atom stereocenters. The molecule has 0 amide bonds. The zero-order chi connectivity index (χ0) is 40.8. The Morgan fingerprint density at radius 1 is 0.655 bits per heavy atom. The summed E-state index contributed by atoms with van der Waals surface area (Å²) in [6.45, 7) is 2.59. The van der Waals surface area contributed by atoms with Crippen LogP contribution >= 0.6 is 7.82 Å². The third kappa shape index (κ3) is 37.0. The second kappa shape index (κ2) is 37.2. The van der Waals surface area contributed by atoms with Crippen molar-refractivity contribution in [3.05, 3.63) is 36.5 Å². The number of phosphoric acid groups is 1. The van der Waals surface area contributed by atoms with Crippen LogP contribution in [0.25, 0.3) is 0 Å². The molecule has 55 heavy (non-hydrogen) atoms. The summed E-state index contributed by atoms with van der Waals surface area (Å²) in [4.78, 5) is 45.9. The summed E-state index contributed by atoms with van der Waals surface area (Å²) in [6, 6.07) is -1.55. The molecule has 0 aliphatic heterocycles. The fourth-order valence-electron chi connectivity index (χ4n) is 5.60. The van der Waals surface area contributed by atoms with Crippen molar-refractivity contribution in [2.45, 2.75) is 193 Å². The first-order chi connectivity index (χ1) is 26.5. The number of aliphatic carboxylic acids is 1. The highest BCUT2D eigenvalue weighted by Crippen LogP contribution is 2.43. The number of hydrogen-bond acceptors (Lipinski definition) is 10. The van der Waals surface area contributed by atoms with Crippen LogP contribution in [0.4, 0.5) is 0 Å². The van der Waals surface area contributed by atoms with E-state index in [0.717, 1.165) is 32.1 Å². The molecule has 0 aromatic heterocycles. The Bertz CT molecular complexity index is 1100. The largest absolute Gasteiger partial charge is 0.480 e. The van der Waals surface area contributed by atoms with Gasteiger partial charge in [-0.2, -0.15) is 0 Å². The normalized spacial score (nSPS) is 14.7. The maximum absolute atomic E-state index is 12.6. The molecule has 4 atom stereocenters. The molecule has 0 bridgehead atoms. The lowest BCUT2D eigenvalue weighted by molar-refractivity contribution is -0.161. The molecule has 5 N–H and O–H groups in total. The Morgan fingerprint density at radius 3 is 1.76 bits per heavy atom. The molecule has 0 heterocycles. The lowest BCUT2D eigenvalue weighted by Crippen LogP contribution is -2.34. The van der Waals surface area contributed by atoms with Crippen molar-refractivity contribution in [3.8, 4) is 0 Å². The van der Waals surface area contributed by atoms with Gasteiger partial charge in [-0.15, -0.1) is 0 Å². The number of aliphatic hydroxyl groups is 1. The van der Waals surface area contributed by atoms with Crippen molar-refractivity contribution in [3.63, 3.8) is 0 Å². The molecule has 0 saturated carbocycles. The first-order valence-corrected chi connectivity index (χ1v) is 22.6. The van der Waals surface area contributed by atoms with Crippen LogP contribution < -0.4 is 5.73 Å². The molecule has 12 nitrogen and oxygen atoms in total. The molecule has 0 saturated heterocycles. The van der Waals surface area contributed by atoms with Gasteiger partial charge in [-0.25, -0.2) is 4.57 Å². The number of phosphoric ester groups is 1. The smallest absolute Gasteiger partial charge is 0.472 e. The van der Waals surface area contributed by atoms with Crippen molar-refractivity contribution in [1.82, 2.24) is 0 Å². The zero-order valence-electron chi connectivity index (χ0n) is 34.1. The number of ether oxygens (including phenoxy) is 2. The summed E-state index contributed by atoms with van der Waals surface area (Å²) in [6.07, 6.45) is 35.3. The maximum Gasteiger partial charge on any atom is 0.472 e. The number of nitrogens with two attached hydrogens (primary N) is 1. The van der Waals surface area contributed by atoms with Gasteiger partial charge in [0.25, 0.3) is 0 Å². The highest BCUT2D eigenvalue weighted by molar-refractivity contribution is 7.47. The average molecular weight is 802 g/mol. The van der Waals surface area contributed by atoms with Gasteiger partial charge in [0.2, 0.25) is 0 Å². The first kappa shape index (κ1) is 52.7. The van der Waals surface area contributed by atoms with Gasteiger partial charge in [-0.05, 0) is 38.5 Å². The van der Waals surface area contributed by atoms with Crippen LogP contribution in [0.2, 0.25) is 0 Å². The Morgan fingerprint density at radius 2 is 1.18 bits per heavy atom. The maximum atomic E-state index is 12.6. The number of carbonyl (C=O) groups excluding carboxylic acids is 2. The monoisotopic (exact) mass is 802 g/mol. The molecule has 0 fully saturated rings. The quantitative estimate of drug-likeness (QED) is 0.0151. The zero-order valence-corrected chi connectivity index (χ0v) is 35.0. The fourth-order valence-corrected chi connectivity index (χ4v) is 6.38. The molecule has 13 heteroatoms. The topological polar surface area (TPSA) is 192 Å². The van der Waals surface area contributed by atoms with Crippen LogP contribution in [0.3, 0.4) is 0 Å². The van der Waals surface area contributed by atoms with Crippen molar-refractivity contribution in [1.29, 1.82) is 0 Å². The number of carbonyl (C=O) groups is 3. The van der Waals surface area contributed by atoms with Crippen molar-refractivity contribution >= 4 is 25.7 Å². The van der Waals surface area contributed by atoms with Crippen molar-refractivity contribution < 1.29 is 52.6 Å². The Balaban J connectivity index is 4.56. The molecule has 0 aliphatic carbocycles. The number of aliphatic hydroxyl groups excluding tert-OH is 1. The Kier molecular flexibility index (Phi) is 35.7. The molecular formula is C42H76NO11P. The Hall–Kier alpha value is -2.34. The first-order valence-electron chi connectivity index (χ1n) is 21.1. The van der Waals surface area contributed by atoms with Crippen molar-refractivity contribution in [2.24, 2.45) is 5.73 Å². The van der Waals surface area contributed by atoms with E-state index in [0.29, 0.717) is 19.3 Å². The summed E-state index contributed by atoms with van der Waals surface area (Å²) < 4.78 is 32.5. The van der Waals surface area contributed by atoms with Gasteiger partial charge >= 0.3 is 25.7 Å². The van der Waals surface area contributed by atoms with Crippen LogP contribution in [0, 0.1) is 0 Å². The van der Waals surface area contributed by atoms with E-state index in [9.17, 15) is 28.9 Å². The predicted octanol–water partition coefficient (Wildman–Crippen LogP) is 9.81. The predicted molar refractivity (Wildman–Crippen MR) is 218 cm³/mol. The van der Waals surface area contributed by atoms with Gasteiger partial charge in [-0.3, -0.25) is 23.4 Å². The van der Waals surface area contributed by atoms with E-state index in [1.54, 1.807) is 12.2 Å². The Labute approximate surface area is 332 Å². The van der Waals surface area contributed by atoms with Crippen molar-refractivity contribution in [2.75, 3.05) is 19.8 Å². The third-order valence-corrected chi connectivity index (χ3v) is 9.95. The molecule has 0 spiro atoms. The summed E-state index contributed by atoms with van der Waals surface area (Å²) in [5.41, 5.74) is 5.31.